The third-order valence-corrected chi connectivity index (χ3v) is 6.19. The zero-order chi connectivity index (χ0) is 22.8. The highest BCUT2D eigenvalue weighted by molar-refractivity contribution is 6.23. The number of Topliss-reactive ketones (excluding diaryl/α,β-unsaturated/α-hetero) is 1. The molecule has 1 aliphatic heterocycles. The first kappa shape index (κ1) is 22.4. The van der Waals surface area contributed by atoms with Gasteiger partial charge in [-0.25, -0.2) is 9.59 Å². The number of primary amides is 1. The Morgan fingerprint density at radius 2 is 1.74 bits per heavy atom. The molecule has 0 unspecified atom stereocenters. The second-order valence-electron chi connectivity index (χ2n) is 8.32. The highest BCUT2D eigenvalue weighted by atomic mass is 16.7. The van der Waals surface area contributed by atoms with Gasteiger partial charge < -0.3 is 20.1 Å². The first-order chi connectivity index (χ1) is 14.7. The molecule has 7 heteroatoms. The molecule has 0 aromatic heterocycles. The summed E-state index contributed by atoms with van der Waals surface area (Å²) in [5.41, 5.74) is 8.90. The van der Waals surface area contributed by atoms with Gasteiger partial charge in [-0.2, -0.15) is 0 Å². The zero-order valence-corrected chi connectivity index (χ0v) is 18.5. The largest absolute Gasteiger partial charge is 0.513 e. The number of amides is 2. The molecule has 0 atom stereocenters. The maximum atomic E-state index is 13.5. The average Bonchev–Trinajstić information content (AvgIpc) is 2.70. The Bertz CT molecular complexity index is 997. The van der Waals surface area contributed by atoms with Crippen molar-refractivity contribution in [3.05, 3.63) is 40.1 Å². The maximum Gasteiger partial charge on any atom is 0.513 e. The number of hydrogen-bond acceptors (Lipinski definition) is 5. The highest BCUT2D eigenvalue weighted by Gasteiger charge is 2.44. The van der Waals surface area contributed by atoms with Crippen molar-refractivity contribution in [2.24, 2.45) is 11.1 Å². The number of urea groups is 1. The molecule has 2 amide bonds. The third kappa shape index (κ3) is 4.58. The molecule has 1 aromatic rings. The van der Waals surface area contributed by atoms with Gasteiger partial charge in [-0.15, -0.1) is 5.92 Å². The van der Waals surface area contributed by atoms with Gasteiger partial charge in [0.1, 0.15) is 5.76 Å². The first-order valence-corrected chi connectivity index (χ1v) is 10.3. The number of rotatable bonds is 2. The SMILES string of the molecule is CC#Cc1cc(C)c(C2=C(OC(=O)OC)CC3(CCN(C(N)=O)CC3)CC2=O)c(C)c1. The van der Waals surface area contributed by atoms with Crippen LogP contribution in [-0.4, -0.2) is 43.1 Å². The van der Waals surface area contributed by atoms with Crippen molar-refractivity contribution < 1.29 is 23.9 Å². The van der Waals surface area contributed by atoms with Crippen molar-refractivity contribution in [3.63, 3.8) is 0 Å². The van der Waals surface area contributed by atoms with Gasteiger partial charge in [-0.1, -0.05) is 5.92 Å². The van der Waals surface area contributed by atoms with Crippen molar-refractivity contribution in [1.29, 1.82) is 0 Å². The highest BCUT2D eigenvalue weighted by Crippen LogP contribution is 2.48. The zero-order valence-electron chi connectivity index (χ0n) is 18.5. The number of carbonyl (C=O) groups excluding carboxylic acids is 3. The molecule has 164 valence electrons. The summed E-state index contributed by atoms with van der Waals surface area (Å²) in [6.07, 6.45) is 1.14. The smallest absolute Gasteiger partial charge is 0.437 e. The number of nitrogens with zero attached hydrogens (tertiary/aromatic N) is 1. The van der Waals surface area contributed by atoms with Crippen LogP contribution in [0, 0.1) is 31.1 Å². The first-order valence-electron chi connectivity index (χ1n) is 10.3. The summed E-state index contributed by atoms with van der Waals surface area (Å²) in [6, 6.07) is 3.41. The van der Waals surface area contributed by atoms with Crippen LogP contribution in [0.3, 0.4) is 0 Å². The molecule has 0 radical (unpaired) electrons. The van der Waals surface area contributed by atoms with Gasteiger partial charge in [0.2, 0.25) is 0 Å². The van der Waals surface area contributed by atoms with E-state index < -0.39 is 12.2 Å². The van der Waals surface area contributed by atoms with Crippen molar-refractivity contribution in [2.45, 2.75) is 46.5 Å². The lowest BCUT2D eigenvalue weighted by Gasteiger charge is -2.43. The molecule has 1 saturated heterocycles. The predicted octanol–water partition coefficient (Wildman–Crippen LogP) is 3.69. The fourth-order valence-electron chi connectivity index (χ4n) is 4.71. The molecule has 7 nitrogen and oxygen atoms in total. The Labute approximate surface area is 182 Å². The molecule has 2 aliphatic rings. The molecule has 2 N–H and O–H groups in total. The number of nitrogens with two attached hydrogens (primary N) is 1. The summed E-state index contributed by atoms with van der Waals surface area (Å²) in [5, 5.41) is 0. The van der Waals surface area contributed by atoms with Crippen molar-refractivity contribution >= 4 is 23.5 Å². The lowest BCUT2D eigenvalue weighted by atomic mass is 9.66. The Kier molecular flexibility index (Phi) is 6.40. The van der Waals surface area contributed by atoms with Gasteiger partial charge in [0.05, 0.1) is 12.7 Å². The van der Waals surface area contributed by atoms with E-state index in [0.29, 0.717) is 50.1 Å². The number of ketones is 1. The van der Waals surface area contributed by atoms with E-state index in [2.05, 4.69) is 11.8 Å². The van der Waals surface area contributed by atoms with Crippen LogP contribution >= 0.6 is 0 Å². The lowest BCUT2D eigenvalue weighted by molar-refractivity contribution is -0.117. The molecule has 1 fully saturated rings. The number of ether oxygens (including phenoxy) is 2. The summed E-state index contributed by atoms with van der Waals surface area (Å²) >= 11 is 0. The number of likely N-dealkylation sites (tertiary alicyclic amines) is 1. The molecule has 1 aromatic carbocycles. The number of aryl methyl sites for hydroxylation is 2. The second-order valence-corrected chi connectivity index (χ2v) is 8.32. The maximum absolute atomic E-state index is 13.5. The van der Waals surface area contributed by atoms with E-state index in [4.69, 9.17) is 15.2 Å². The molecule has 31 heavy (non-hydrogen) atoms. The molecule has 1 heterocycles. The van der Waals surface area contributed by atoms with Crippen LogP contribution in [-0.2, 0) is 14.3 Å². The monoisotopic (exact) mass is 424 g/mol. The van der Waals surface area contributed by atoms with Gasteiger partial charge >= 0.3 is 12.2 Å². The van der Waals surface area contributed by atoms with Crippen molar-refractivity contribution in [2.75, 3.05) is 20.2 Å². The number of hydrogen-bond donors (Lipinski definition) is 1. The minimum atomic E-state index is -0.851. The van der Waals surface area contributed by atoms with E-state index in [1.165, 1.54) is 7.11 Å². The Morgan fingerprint density at radius 1 is 1.13 bits per heavy atom. The molecular formula is C24H28N2O5. The summed E-state index contributed by atoms with van der Waals surface area (Å²) in [7, 11) is 1.24. The third-order valence-electron chi connectivity index (χ3n) is 6.19. The normalized spacial score (nSPS) is 17.8. The number of carbonyl (C=O) groups is 3. The van der Waals surface area contributed by atoms with Crippen molar-refractivity contribution in [1.82, 2.24) is 4.90 Å². The number of methoxy groups -OCH3 is 1. The average molecular weight is 424 g/mol. The Balaban J connectivity index is 2.06. The van der Waals surface area contributed by atoms with E-state index in [0.717, 1.165) is 22.3 Å². The van der Waals surface area contributed by atoms with Crippen LogP contribution in [0.5, 0.6) is 0 Å². The van der Waals surface area contributed by atoms with Crippen LogP contribution in [0.25, 0.3) is 5.57 Å². The summed E-state index contributed by atoms with van der Waals surface area (Å²) in [4.78, 5) is 38.5. The van der Waals surface area contributed by atoms with Gasteiger partial charge in [-0.3, -0.25) is 4.79 Å². The lowest BCUT2D eigenvalue weighted by Crippen LogP contribution is -2.47. The quantitative estimate of drug-likeness (QED) is 0.577. The fourth-order valence-corrected chi connectivity index (χ4v) is 4.71. The number of piperidine rings is 1. The van der Waals surface area contributed by atoms with Crippen LogP contribution in [0.1, 0.15) is 54.9 Å². The van der Waals surface area contributed by atoms with E-state index in [-0.39, 0.29) is 11.2 Å². The Morgan fingerprint density at radius 3 is 2.26 bits per heavy atom. The van der Waals surface area contributed by atoms with E-state index in [1.54, 1.807) is 11.8 Å². The second kappa shape index (κ2) is 8.84. The molecular weight excluding hydrogens is 396 g/mol. The van der Waals surface area contributed by atoms with Crippen LogP contribution in [0.4, 0.5) is 9.59 Å². The van der Waals surface area contributed by atoms with Crippen LogP contribution in [0.2, 0.25) is 0 Å². The molecule has 1 aliphatic carbocycles. The summed E-state index contributed by atoms with van der Waals surface area (Å²) in [6.45, 7) is 6.58. The minimum absolute atomic E-state index is 0.0711. The Hall–Kier alpha value is -3.27. The van der Waals surface area contributed by atoms with Crippen LogP contribution in [0.15, 0.2) is 17.9 Å². The molecule has 3 rings (SSSR count). The van der Waals surface area contributed by atoms with E-state index in [1.807, 2.05) is 26.0 Å². The van der Waals surface area contributed by atoms with Gasteiger partial charge in [0.25, 0.3) is 0 Å². The molecule has 0 bridgehead atoms. The van der Waals surface area contributed by atoms with Gasteiger partial charge in [-0.05, 0) is 67.9 Å². The van der Waals surface area contributed by atoms with E-state index >= 15 is 0 Å². The van der Waals surface area contributed by atoms with E-state index in [9.17, 15) is 14.4 Å². The topological polar surface area (TPSA) is 98.9 Å². The van der Waals surface area contributed by atoms with Gasteiger partial charge in [0.15, 0.2) is 5.78 Å². The number of allylic oxidation sites excluding steroid dienone is 2. The fraction of sp³-hybridized carbons (Fsp3) is 0.458. The van der Waals surface area contributed by atoms with Crippen LogP contribution < -0.4 is 5.73 Å². The number of benzene rings is 1. The standard InChI is InChI=1S/C24H28N2O5/c1-5-6-17-11-15(2)20(16(3)12-17)21-18(27)13-24(14-19(21)31-23(29)30-4)7-9-26(10-8-24)22(25)28/h11-12H,7-10,13-14H2,1-4H3,(H2,25,28). The predicted molar refractivity (Wildman–Crippen MR) is 116 cm³/mol. The molecule has 0 saturated carbocycles. The summed E-state index contributed by atoms with van der Waals surface area (Å²) in [5.74, 6) is 6.19. The van der Waals surface area contributed by atoms with Gasteiger partial charge in [0, 0.05) is 31.5 Å². The molecule has 1 spiro atoms. The summed E-state index contributed by atoms with van der Waals surface area (Å²) < 4.78 is 10.2. The minimum Gasteiger partial charge on any atom is -0.437 e. The van der Waals surface area contributed by atoms with Crippen molar-refractivity contribution in [3.8, 4) is 11.8 Å².